The predicted molar refractivity (Wildman–Crippen MR) is 134 cm³/mol. The molecule has 0 aliphatic rings. The van der Waals surface area contributed by atoms with Crippen molar-refractivity contribution in [2.24, 2.45) is 0 Å². The molecule has 1 aromatic heterocycles. The van der Waals surface area contributed by atoms with Crippen LogP contribution in [0.5, 0.6) is 0 Å². The van der Waals surface area contributed by atoms with Gasteiger partial charge in [0.15, 0.2) is 0 Å². The van der Waals surface area contributed by atoms with E-state index >= 15 is 0 Å². The number of nitrogens with zero attached hydrogens (tertiary/aromatic N) is 3. The number of hydrogen-bond acceptors (Lipinski definition) is 8. The van der Waals surface area contributed by atoms with Crippen molar-refractivity contribution in [3.63, 3.8) is 0 Å². The number of carbonyl (C=O) groups is 2. The van der Waals surface area contributed by atoms with Gasteiger partial charge in [0.25, 0.3) is 0 Å². The van der Waals surface area contributed by atoms with E-state index in [2.05, 4.69) is 30.4 Å². The summed E-state index contributed by atoms with van der Waals surface area (Å²) in [6.45, 7) is 2.86. The number of aryl methyl sites for hydroxylation is 1. The zero-order valence-electron chi connectivity index (χ0n) is 18.7. The molecule has 0 aliphatic heterocycles. The van der Waals surface area contributed by atoms with Crippen molar-refractivity contribution in [1.82, 2.24) is 14.9 Å². The van der Waals surface area contributed by atoms with Gasteiger partial charge in [-0.3, -0.25) is 14.1 Å². The highest BCUT2D eigenvalue weighted by molar-refractivity contribution is 9.10. The molecule has 1 amide bonds. The Kier molecular flexibility index (Phi) is 10.7. The van der Waals surface area contributed by atoms with Crippen LogP contribution in [-0.4, -0.2) is 42.8 Å². The number of thioether (sulfide) groups is 1. The van der Waals surface area contributed by atoms with Gasteiger partial charge >= 0.3 is 7.82 Å². The first-order valence-electron chi connectivity index (χ1n) is 9.94. The predicted octanol–water partition coefficient (Wildman–Crippen LogP) is 3.93. The van der Waals surface area contributed by atoms with E-state index in [4.69, 9.17) is 15.5 Å². The van der Waals surface area contributed by atoms with Crippen molar-refractivity contribution in [2.45, 2.75) is 26.8 Å². The molecule has 0 saturated heterocycles. The number of amides is 1. The van der Waals surface area contributed by atoms with Gasteiger partial charge < -0.3 is 20.4 Å². The summed E-state index contributed by atoms with van der Waals surface area (Å²) in [6.07, 6.45) is 4.71. The fourth-order valence-corrected chi connectivity index (χ4v) is 4.27. The minimum atomic E-state index is -4.73. The van der Waals surface area contributed by atoms with Crippen LogP contribution in [0.15, 0.2) is 45.5 Å². The van der Waals surface area contributed by atoms with Crippen LogP contribution in [0.4, 0.5) is 10.2 Å². The molecular formula is C21H23BrFN4O6PS. The highest BCUT2D eigenvalue weighted by atomic mass is 79.9. The number of halogens is 2. The number of phosphoric ester groups is 1. The summed E-state index contributed by atoms with van der Waals surface area (Å²) < 4.78 is 29.2. The second-order valence-electron chi connectivity index (χ2n) is 7.07. The Labute approximate surface area is 213 Å². The average molecular weight is 589 g/mol. The fraction of sp³-hybridized carbons (Fsp3) is 0.238. The molecule has 0 fully saturated rings. The number of aromatic nitrogens is 2. The normalized spacial score (nSPS) is 12.5. The van der Waals surface area contributed by atoms with Crippen molar-refractivity contribution >= 4 is 58.9 Å². The number of carbonyl (C=O) groups excluding carboxylic acids is 2. The molecular weight excluding hydrogens is 566 g/mol. The van der Waals surface area contributed by atoms with E-state index in [9.17, 15) is 18.5 Å². The number of hydrogen-bond donors (Lipinski definition) is 3. The lowest BCUT2D eigenvalue weighted by atomic mass is 10.2. The highest BCUT2D eigenvalue weighted by Gasteiger charge is 2.19. The minimum Gasteiger partial charge on any atom is -0.383 e. The number of allylic oxidation sites excluding steroid dienone is 1. The van der Waals surface area contributed by atoms with E-state index < -0.39 is 25.4 Å². The van der Waals surface area contributed by atoms with Crippen molar-refractivity contribution in [3.05, 3.63) is 68.3 Å². The second-order valence-corrected chi connectivity index (χ2v) is 10.3. The van der Waals surface area contributed by atoms with E-state index in [1.54, 1.807) is 13.8 Å². The molecule has 4 N–H and O–H groups in total. The van der Waals surface area contributed by atoms with Crippen LogP contribution in [0.25, 0.3) is 6.08 Å². The van der Waals surface area contributed by atoms with Gasteiger partial charge in [0, 0.05) is 28.8 Å². The van der Waals surface area contributed by atoms with Gasteiger partial charge in [-0.15, -0.1) is 0 Å². The molecule has 14 heteroatoms. The summed E-state index contributed by atoms with van der Waals surface area (Å²) in [4.78, 5) is 52.1. The Morgan fingerprint density at radius 3 is 2.71 bits per heavy atom. The number of nitrogens with two attached hydrogens (primary N) is 1. The zero-order valence-corrected chi connectivity index (χ0v) is 22.0. The van der Waals surface area contributed by atoms with Gasteiger partial charge in [-0.1, -0.05) is 12.1 Å². The Balaban J connectivity index is 2.27. The van der Waals surface area contributed by atoms with E-state index in [1.165, 1.54) is 41.4 Å². The maximum atomic E-state index is 13.4. The molecule has 0 saturated carbocycles. The quantitative estimate of drug-likeness (QED) is 0.199. The van der Waals surface area contributed by atoms with Crippen LogP contribution in [0.1, 0.15) is 30.3 Å². The maximum absolute atomic E-state index is 13.4. The van der Waals surface area contributed by atoms with Crippen LogP contribution >= 0.6 is 35.5 Å². The summed E-state index contributed by atoms with van der Waals surface area (Å²) in [7, 11) is -4.73. The van der Waals surface area contributed by atoms with E-state index in [-0.39, 0.29) is 23.3 Å². The van der Waals surface area contributed by atoms with Gasteiger partial charge in [0.05, 0.1) is 17.6 Å². The summed E-state index contributed by atoms with van der Waals surface area (Å²) in [6, 6.07) is 4.24. The molecule has 0 unspecified atom stereocenters. The Morgan fingerprint density at radius 2 is 2.11 bits per heavy atom. The lowest BCUT2D eigenvalue weighted by molar-refractivity contribution is -0.117. The van der Waals surface area contributed by atoms with E-state index in [1.807, 2.05) is 0 Å². The molecule has 35 heavy (non-hydrogen) atoms. The largest absolute Gasteiger partial charge is 0.469 e. The van der Waals surface area contributed by atoms with Crippen molar-refractivity contribution in [1.29, 1.82) is 0 Å². The molecule has 10 nitrogen and oxygen atoms in total. The molecule has 0 radical (unpaired) electrons. The molecule has 2 rings (SSSR count). The van der Waals surface area contributed by atoms with Gasteiger partial charge in [-0.2, -0.15) is 0 Å². The second kappa shape index (κ2) is 13.1. The van der Waals surface area contributed by atoms with Crippen molar-refractivity contribution in [2.75, 3.05) is 12.3 Å². The third kappa shape index (κ3) is 9.63. The minimum absolute atomic E-state index is 0.0124. The zero-order chi connectivity index (χ0) is 26.2. The molecule has 2 aromatic rings. The molecule has 0 spiro atoms. The monoisotopic (exact) mass is 588 g/mol. The molecule has 0 aliphatic carbocycles. The topological polar surface area (TPSA) is 156 Å². The van der Waals surface area contributed by atoms with Crippen LogP contribution < -0.4 is 5.73 Å². The Hall–Kier alpha value is -2.41. The molecule has 188 valence electrons. The summed E-state index contributed by atoms with van der Waals surface area (Å²) >= 11 is 3.84. The lowest BCUT2D eigenvalue weighted by Crippen LogP contribution is -2.22. The van der Waals surface area contributed by atoms with Crippen LogP contribution in [0.3, 0.4) is 0 Å². The molecule has 0 bridgehead atoms. The highest BCUT2D eigenvalue weighted by Crippen LogP contribution is 2.37. The van der Waals surface area contributed by atoms with Crippen LogP contribution in [0, 0.1) is 12.7 Å². The van der Waals surface area contributed by atoms with Gasteiger partial charge in [0.1, 0.15) is 17.5 Å². The SMILES string of the molecule is C/C(=C(\CCOP(=O)(O)O)SC(=O)/C=C/c1ccc(F)c(Br)c1)N(C=O)Cc1cnc(C)nc1N. The third-order valence-corrected chi connectivity index (χ3v) is 6.70. The Bertz CT molecular complexity index is 1210. The molecule has 0 atom stereocenters. The first kappa shape index (κ1) is 28.8. The van der Waals surface area contributed by atoms with E-state index in [0.29, 0.717) is 34.0 Å². The third-order valence-electron chi connectivity index (χ3n) is 4.49. The first-order chi connectivity index (χ1) is 16.4. The summed E-state index contributed by atoms with van der Waals surface area (Å²) in [5, 5.41) is -0.431. The van der Waals surface area contributed by atoms with Crippen LogP contribution in [0.2, 0.25) is 0 Å². The Morgan fingerprint density at radius 1 is 1.40 bits per heavy atom. The summed E-state index contributed by atoms with van der Waals surface area (Å²) in [5.41, 5.74) is 7.32. The van der Waals surface area contributed by atoms with Crippen molar-refractivity contribution in [3.8, 4) is 0 Å². The summed E-state index contributed by atoms with van der Waals surface area (Å²) in [5.74, 6) is 0.218. The number of phosphoric acid groups is 1. The van der Waals surface area contributed by atoms with Gasteiger partial charge in [-0.25, -0.2) is 18.9 Å². The maximum Gasteiger partial charge on any atom is 0.469 e. The average Bonchev–Trinajstić information content (AvgIpc) is 2.77. The first-order valence-corrected chi connectivity index (χ1v) is 13.1. The molecule has 1 aromatic carbocycles. The number of anilines is 1. The standard InChI is InChI=1S/C21H23BrFN4O6PS/c1-13(27(12-28)11-16-10-25-14(2)26-21(16)24)19(7-8-33-34(30,31)32)35-20(29)6-4-15-3-5-18(23)17(22)9-15/h3-6,9-10,12H,7-8,11H2,1-2H3,(H2,24,25,26)(H2,30,31,32)/b6-4+,19-13-. The number of nitrogen functional groups attached to an aromatic ring is 1. The fourth-order valence-electron chi connectivity index (χ4n) is 2.71. The number of rotatable bonds is 11. The van der Waals surface area contributed by atoms with Crippen molar-refractivity contribution < 1.29 is 32.9 Å². The smallest absolute Gasteiger partial charge is 0.383 e. The molecule has 1 heterocycles. The van der Waals surface area contributed by atoms with Gasteiger partial charge in [0.2, 0.25) is 11.5 Å². The van der Waals surface area contributed by atoms with E-state index in [0.717, 1.165) is 11.8 Å². The lowest BCUT2D eigenvalue weighted by Gasteiger charge is -2.22. The number of benzene rings is 1. The van der Waals surface area contributed by atoms with Crippen LogP contribution in [-0.2, 0) is 25.2 Å². The van der Waals surface area contributed by atoms with Gasteiger partial charge in [-0.05, 0) is 65.3 Å².